The predicted molar refractivity (Wildman–Crippen MR) is 65.7 cm³/mol. The number of pyridine rings is 1. The Bertz CT molecular complexity index is 672. The third-order valence-electron chi connectivity index (χ3n) is 2.71. The van der Waals surface area contributed by atoms with Crippen LogP contribution in [0.1, 0.15) is 6.92 Å². The summed E-state index contributed by atoms with van der Waals surface area (Å²) in [6.07, 6.45) is 1.78. The van der Waals surface area contributed by atoms with Gasteiger partial charge in [-0.3, -0.25) is 0 Å². The zero-order valence-corrected chi connectivity index (χ0v) is 9.57. The maximum atomic E-state index is 6.35. The minimum absolute atomic E-state index is 0.736. The molecular weight excluding hydrogens is 222 g/mol. The highest BCUT2D eigenvalue weighted by atomic mass is 35.5. The zero-order valence-electron chi connectivity index (χ0n) is 8.81. The maximum absolute atomic E-state index is 6.35. The molecule has 16 heavy (non-hydrogen) atoms. The summed E-state index contributed by atoms with van der Waals surface area (Å²) in [4.78, 5) is 4.59. The first-order valence-corrected chi connectivity index (χ1v) is 5.59. The molecule has 0 spiro atoms. The van der Waals surface area contributed by atoms with Crippen LogP contribution in [-0.4, -0.2) is 14.8 Å². The summed E-state index contributed by atoms with van der Waals surface area (Å²) >= 11 is 6.35. The van der Waals surface area contributed by atoms with Crippen molar-refractivity contribution < 1.29 is 0 Å². The fraction of sp³-hybridized carbons (Fsp3) is 0.167. The lowest BCUT2D eigenvalue weighted by Gasteiger charge is -2.02. The minimum Gasteiger partial charge on any atom is -0.248 e. The first-order valence-electron chi connectivity index (χ1n) is 5.21. The lowest BCUT2D eigenvalue weighted by molar-refractivity contribution is 0.677. The van der Waals surface area contributed by atoms with Crippen LogP contribution >= 0.6 is 11.6 Å². The molecule has 0 aliphatic carbocycles. The van der Waals surface area contributed by atoms with Crippen molar-refractivity contribution in [2.75, 3.05) is 0 Å². The summed E-state index contributed by atoms with van der Waals surface area (Å²) in [5.41, 5.74) is 1.77. The van der Waals surface area contributed by atoms with Crippen LogP contribution in [0, 0.1) is 0 Å². The van der Waals surface area contributed by atoms with E-state index in [2.05, 4.69) is 10.1 Å². The number of aromatic nitrogens is 3. The second kappa shape index (κ2) is 3.46. The molecule has 3 nitrogen and oxygen atoms in total. The summed E-state index contributed by atoms with van der Waals surface area (Å²) in [6.45, 7) is 2.84. The third-order valence-corrected chi connectivity index (χ3v) is 3.12. The van der Waals surface area contributed by atoms with Crippen molar-refractivity contribution in [2.45, 2.75) is 13.5 Å². The van der Waals surface area contributed by atoms with Crippen LogP contribution in [0.25, 0.3) is 21.9 Å². The summed E-state index contributed by atoms with van der Waals surface area (Å²) in [6, 6.07) is 7.87. The van der Waals surface area contributed by atoms with Crippen molar-refractivity contribution in [3.63, 3.8) is 0 Å². The number of rotatable bonds is 1. The van der Waals surface area contributed by atoms with Crippen LogP contribution in [0.15, 0.2) is 30.5 Å². The van der Waals surface area contributed by atoms with Gasteiger partial charge in [0.1, 0.15) is 0 Å². The fourth-order valence-corrected chi connectivity index (χ4v) is 2.19. The molecule has 0 aliphatic heterocycles. The van der Waals surface area contributed by atoms with Crippen LogP contribution in [0.2, 0.25) is 5.02 Å². The standard InChI is InChI=1S/C12H10ClN3/c1-2-16-12-9(7-14-16)11(13)8-5-3-4-6-10(8)15-12/h3-7H,2H2,1H3. The van der Waals surface area contributed by atoms with Crippen molar-refractivity contribution in [3.8, 4) is 0 Å². The van der Waals surface area contributed by atoms with E-state index in [1.54, 1.807) is 6.20 Å². The second-order valence-corrected chi connectivity index (χ2v) is 4.02. The molecule has 0 radical (unpaired) electrons. The molecular formula is C12H10ClN3. The normalized spacial score (nSPS) is 11.4. The van der Waals surface area contributed by atoms with E-state index in [4.69, 9.17) is 11.6 Å². The zero-order chi connectivity index (χ0) is 11.1. The molecule has 0 fully saturated rings. The van der Waals surface area contributed by atoms with Gasteiger partial charge in [0.25, 0.3) is 0 Å². The molecule has 0 amide bonds. The average Bonchev–Trinajstić information content (AvgIpc) is 2.72. The highest BCUT2D eigenvalue weighted by Gasteiger charge is 2.10. The molecule has 0 bridgehead atoms. The van der Waals surface area contributed by atoms with Gasteiger partial charge >= 0.3 is 0 Å². The third kappa shape index (κ3) is 1.21. The van der Waals surface area contributed by atoms with Gasteiger partial charge < -0.3 is 0 Å². The van der Waals surface area contributed by atoms with Crippen LogP contribution in [0.5, 0.6) is 0 Å². The molecule has 0 saturated carbocycles. The largest absolute Gasteiger partial charge is 0.248 e. The number of nitrogens with zero attached hydrogens (tertiary/aromatic N) is 3. The Hall–Kier alpha value is -1.61. The van der Waals surface area contributed by atoms with Crippen molar-refractivity contribution >= 4 is 33.5 Å². The molecule has 4 heteroatoms. The van der Waals surface area contributed by atoms with Gasteiger partial charge in [-0.05, 0) is 13.0 Å². The molecule has 0 saturated heterocycles. The van der Waals surface area contributed by atoms with Gasteiger partial charge in [-0.25, -0.2) is 9.67 Å². The maximum Gasteiger partial charge on any atom is 0.159 e. The van der Waals surface area contributed by atoms with Gasteiger partial charge in [-0.1, -0.05) is 29.8 Å². The Balaban J connectivity index is 2.52. The van der Waals surface area contributed by atoms with Crippen molar-refractivity contribution in [1.82, 2.24) is 14.8 Å². The topological polar surface area (TPSA) is 30.7 Å². The van der Waals surface area contributed by atoms with E-state index in [0.29, 0.717) is 0 Å². The monoisotopic (exact) mass is 231 g/mol. The number of fused-ring (bicyclic) bond motifs is 2. The first-order chi connectivity index (χ1) is 7.81. The summed E-state index contributed by atoms with van der Waals surface area (Å²) in [7, 11) is 0. The highest BCUT2D eigenvalue weighted by molar-refractivity contribution is 6.40. The predicted octanol–water partition coefficient (Wildman–Crippen LogP) is 3.26. The van der Waals surface area contributed by atoms with Crippen LogP contribution in [0.3, 0.4) is 0 Å². The lowest BCUT2D eigenvalue weighted by atomic mass is 10.2. The molecule has 0 N–H and O–H groups in total. The van der Waals surface area contributed by atoms with Gasteiger partial charge in [0.2, 0.25) is 0 Å². The highest BCUT2D eigenvalue weighted by Crippen LogP contribution is 2.29. The molecule has 3 rings (SSSR count). The van der Waals surface area contributed by atoms with Crippen molar-refractivity contribution in [3.05, 3.63) is 35.5 Å². The number of para-hydroxylation sites is 1. The van der Waals surface area contributed by atoms with Gasteiger partial charge in [0.05, 0.1) is 22.1 Å². The van der Waals surface area contributed by atoms with Crippen LogP contribution in [0.4, 0.5) is 0 Å². The van der Waals surface area contributed by atoms with Gasteiger partial charge in [-0.2, -0.15) is 5.10 Å². The number of aryl methyl sites for hydroxylation is 1. The Kier molecular flexibility index (Phi) is 2.07. The summed E-state index contributed by atoms with van der Waals surface area (Å²) in [5, 5.41) is 6.90. The Morgan fingerprint density at radius 1 is 1.25 bits per heavy atom. The van der Waals surface area contributed by atoms with Crippen molar-refractivity contribution in [1.29, 1.82) is 0 Å². The molecule has 3 aromatic rings. The van der Waals surface area contributed by atoms with E-state index in [9.17, 15) is 0 Å². The van der Waals surface area contributed by atoms with Crippen molar-refractivity contribution in [2.24, 2.45) is 0 Å². The fourth-order valence-electron chi connectivity index (χ4n) is 1.90. The van der Waals surface area contributed by atoms with Gasteiger partial charge in [0, 0.05) is 11.9 Å². The number of hydrogen-bond donors (Lipinski definition) is 0. The first kappa shape index (κ1) is 9.60. The number of hydrogen-bond acceptors (Lipinski definition) is 2. The molecule has 0 aliphatic rings. The second-order valence-electron chi connectivity index (χ2n) is 3.64. The summed E-state index contributed by atoms with van der Waals surface area (Å²) < 4.78 is 1.85. The molecule has 0 unspecified atom stereocenters. The molecule has 2 heterocycles. The van der Waals surface area contributed by atoms with Gasteiger partial charge in [0.15, 0.2) is 5.65 Å². The Morgan fingerprint density at radius 3 is 2.88 bits per heavy atom. The van der Waals surface area contributed by atoms with E-state index in [-0.39, 0.29) is 0 Å². The van der Waals surface area contributed by atoms with E-state index in [1.807, 2.05) is 35.9 Å². The van der Waals surface area contributed by atoms with Crippen LogP contribution in [-0.2, 0) is 6.54 Å². The molecule has 1 aromatic carbocycles. The smallest absolute Gasteiger partial charge is 0.159 e. The quantitative estimate of drug-likeness (QED) is 0.644. The van der Waals surface area contributed by atoms with E-state index in [0.717, 1.165) is 33.5 Å². The van der Waals surface area contributed by atoms with E-state index < -0.39 is 0 Å². The Labute approximate surface area is 97.7 Å². The van der Waals surface area contributed by atoms with Crippen LogP contribution < -0.4 is 0 Å². The lowest BCUT2D eigenvalue weighted by Crippen LogP contribution is -1.97. The van der Waals surface area contributed by atoms with Gasteiger partial charge in [-0.15, -0.1) is 0 Å². The average molecular weight is 232 g/mol. The number of benzene rings is 1. The summed E-state index contributed by atoms with van der Waals surface area (Å²) in [5.74, 6) is 0. The minimum atomic E-state index is 0.736. The SMILES string of the molecule is CCn1ncc2c(Cl)c3ccccc3nc21. The number of halogens is 1. The molecule has 80 valence electrons. The molecule has 2 aromatic heterocycles. The Morgan fingerprint density at radius 2 is 2.06 bits per heavy atom. The van der Waals surface area contributed by atoms with E-state index in [1.165, 1.54) is 0 Å². The van der Waals surface area contributed by atoms with E-state index >= 15 is 0 Å². The molecule has 0 atom stereocenters.